The molecule has 0 radical (unpaired) electrons. The number of esters is 1. The fraction of sp³-hybridized carbons (Fsp3) is 0.620. The number of rotatable bonds is 9. The van der Waals surface area contributed by atoms with Gasteiger partial charge < -0.3 is 33.9 Å². The minimum absolute atomic E-state index is 0.0127. The molecule has 0 bridgehead atoms. The van der Waals surface area contributed by atoms with E-state index in [1.54, 1.807) is 0 Å². The van der Waals surface area contributed by atoms with Gasteiger partial charge in [0.15, 0.2) is 28.4 Å². The first-order valence-corrected chi connectivity index (χ1v) is 39.5. The fourth-order valence-electron chi connectivity index (χ4n) is 7.81. The van der Waals surface area contributed by atoms with Crippen molar-refractivity contribution < 1.29 is 60.4 Å². The summed E-state index contributed by atoms with van der Waals surface area (Å²) in [6.45, 7) is 53.4. The van der Waals surface area contributed by atoms with Crippen molar-refractivity contribution >= 4 is 99.0 Å². The number of Topliss-reactive ketones (excluding diaryl/α,β-unsaturated/α-hetero) is 1. The summed E-state index contributed by atoms with van der Waals surface area (Å²) in [6.07, 6.45) is 1.43. The predicted molar refractivity (Wildman–Crippen MR) is 437 cm³/mol. The van der Waals surface area contributed by atoms with E-state index in [0.29, 0.717) is 65.1 Å². The number of hydrogen-bond donors (Lipinski definition) is 10. The maximum absolute atomic E-state index is 11.2. The van der Waals surface area contributed by atoms with Crippen molar-refractivity contribution in [2.24, 2.45) is 37.6 Å². The number of carbonyl (C=O) groups excluding carboxylic acids is 6. The quantitative estimate of drug-likeness (QED) is 0.0366. The van der Waals surface area contributed by atoms with Crippen LogP contribution in [-0.4, -0.2) is 161 Å². The Morgan fingerprint density at radius 1 is 0.609 bits per heavy atom. The molecule has 12 rings (SSSR count). The van der Waals surface area contributed by atoms with Crippen LogP contribution in [0.1, 0.15) is 276 Å². The zero-order chi connectivity index (χ0) is 88.2. The summed E-state index contributed by atoms with van der Waals surface area (Å²) in [7, 11) is 0. The fourth-order valence-corrected chi connectivity index (χ4v) is 10.2. The third-order valence-electron chi connectivity index (χ3n) is 14.0. The molecule has 2 saturated heterocycles. The molecule has 12 heterocycles. The minimum Gasteiger partial charge on any atom is -0.410 e. The highest BCUT2D eigenvalue weighted by atomic mass is 32.2. The molecule has 0 aliphatic carbocycles. The number of ketones is 1. The number of aromatic nitrogens is 15. The maximum Gasteiger partial charge on any atom is 0.438 e. The van der Waals surface area contributed by atoms with Crippen LogP contribution in [0.3, 0.4) is 0 Å². The molecular formula is C71H113N21O19S4. The second kappa shape index (κ2) is 49.5. The third-order valence-corrected chi connectivity index (χ3v) is 17.0. The topological polar surface area (TPSA) is 570 Å². The Bertz CT molecular complexity index is 4490. The van der Waals surface area contributed by atoms with Crippen molar-refractivity contribution in [3.8, 4) is 0 Å². The molecule has 7 aromatic rings. The van der Waals surface area contributed by atoms with Gasteiger partial charge in [-0.1, -0.05) is 188 Å². The SMILES string of the molecule is CC(C)(C)C1SC(=O)CC1=O.CC(C)(C)N1OC(=O)CC1=O.CC(C)(C)c1cc(=O)[nH]o1.CC(C)C1=NCC(=O)N1.CC(C)C1=NCC(=O)O1.CC(C)C1=NS(=O)ON1.CC(C)c1cc(=O)[nH]c(=O)[nH]1.CC(C)c1cc(=O)[nH]cn1.CC(C)c1nc(=S)o[nH]1.CC(C)c1nn[nH]n1.CC(C)c1noc(=O)[nH]1.CC(C)c1nsc(=O)[nH]1. The van der Waals surface area contributed by atoms with E-state index in [0.717, 1.165) is 45.6 Å². The minimum atomic E-state index is -1.50. The van der Waals surface area contributed by atoms with Crippen LogP contribution < -0.4 is 43.8 Å². The number of hydrogen-bond acceptors (Lipinski definition) is 32. The van der Waals surface area contributed by atoms with Gasteiger partial charge in [-0.25, -0.2) is 44.0 Å². The number of thioether (sulfide) groups is 1. The molecule has 2 unspecified atom stereocenters. The molecule has 7 aromatic heterocycles. The number of cyclic esters (lactones) is 1. The molecule has 2 atom stereocenters. The molecule has 10 N–H and O–H groups in total. The van der Waals surface area contributed by atoms with Crippen molar-refractivity contribution in [2.75, 3.05) is 13.1 Å². The van der Waals surface area contributed by atoms with Crippen molar-refractivity contribution in [1.29, 1.82) is 0 Å². The number of aromatic amines is 8. The molecule has 40 nitrogen and oxygen atoms in total. The van der Waals surface area contributed by atoms with E-state index in [1.165, 1.54) is 36.3 Å². The van der Waals surface area contributed by atoms with E-state index in [1.807, 2.05) is 187 Å². The van der Waals surface area contributed by atoms with E-state index in [-0.39, 0.29) is 114 Å². The number of amides is 2. The lowest BCUT2D eigenvalue weighted by Gasteiger charge is -2.27. The van der Waals surface area contributed by atoms with Crippen molar-refractivity contribution in [1.82, 2.24) is 91.2 Å². The van der Waals surface area contributed by atoms with Gasteiger partial charge in [0.2, 0.25) is 5.91 Å². The van der Waals surface area contributed by atoms with Crippen LogP contribution in [0.15, 0.2) is 81.2 Å². The smallest absolute Gasteiger partial charge is 0.410 e. The van der Waals surface area contributed by atoms with Crippen LogP contribution in [0, 0.1) is 28.0 Å². The van der Waals surface area contributed by atoms with E-state index >= 15 is 0 Å². The molecule has 0 aromatic carbocycles. The Balaban J connectivity index is 0.000000628. The Morgan fingerprint density at radius 3 is 1.48 bits per heavy atom. The normalized spacial score (nSPS) is 15.3. The Hall–Kier alpha value is -10.2. The largest absolute Gasteiger partial charge is 0.438 e. The summed E-state index contributed by atoms with van der Waals surface area (Å²) >= 11 is 5.31. The first kappa shape index (κ1) is 103. The Labute approximate surface area is 680 Å². The summed E-state index contributed by atoms with van der Waals surface area (Å²) in [5.41, 5.74) is 2.32. The molecule has 5 aliphatic rings. The highest BCUT2D eigenvalue weighted by Crippen LogP contribution is 2.37. The monoisotopic (exact) mass is 1690 g/mol. The first-order valence-electron chi connectivity index (χ1n) is 36.4. The van der Waals surface area contributed by atoms with Gasteiger partial charge in [-0.2, -0.15) is 29.1 Å². The third kappa shape index (κ3) is 42.1. The van der Waals surface area contributed by atoms with Crippen molar-refractivity contribution in [2.45, 2.75) is 251 Å². The second-order valence-electron chi connectivity index (χ2n) is 30.9. The van der Waals surface area contributed by atoms with Gasteiger partial charge in [-0.05, 0) is 50.2 Å². The van der Waals surface area contributed by atoms with Crippen LogP contribution in [0.2, 0.25) is 0 Å². The number of ether oxygens (including phenoxy) is 1. The van der Waals surface area contributed by atoms with E-state index in [4.69, 9.17) is 13.8 Å². The number of hydroxylamine groups is 3. The van der Waals surface area contributed by atoms with Gasteiger partial charge in [0.25, 0.3) is 22.6 Å². The summed E-state index contributed by atoms with van der Waals surface area (Å²) in [5, 5.41) is 25.3. The lowest BCUT2D eigenvalue weighted by atomic mass is 9.89. The van der Waals surface area contributed by atoms with Crippen LogP contribution in [-0.2, 0) is 59.3 Å². The summed E-state index contributed by atoms with van der Waals surface area (Å²) < 4.78 is 41.0. The average molecular weight is 1690 g/mol. The van der Waals surface area contributed by atoms with Gasteiger partial charge in [0, 0.05) is 82.3 Å². The van der Waals surface area contributed by atoms with Crippen LogP contribution >= 0.6 is 35.5 Å². The standard InChI is InChI=1S/C8H12O2S.C7H10N2O2.C7H10N2O.C7H11NO3.C7H11NO2.C6H10N2O.C6H9NO2.C5H8N2O2.2C5H8N2OS.C4H8N4.C4H8N2O2S/c1-8(2,3)7-5(9)4-6(10)11-7;1-4(2)5-3-6(10)9-7(11)8-5;1-5(2)6-3-7(10)9-4-8-6;1-7(2,3)8-5(9)4-6(10)11-8;1-7(2,3)5-4-6(9)8-10-5;1-4(2)6-7-3-5(9)8-6;1-4(2)6-7-3-5(8)9-6;2*1-3(2)4-6-5(8)9-7-4;1-3(2)4-6-5(9)8-7-4;1-3(2)4-5-7-8-6-4;1-3(2)4-5-8-9(7)6-4/h7H,4H2,1-3H3;3-4H,1-2H3,(H2,8,9,10,11);3-5H,1-2H3,(H,8,9,10);4H2,1-3H3;4H,1-3H3,(H,8,9);4H,3H2,1-2H3,(H,7,8,9);4H,3H2,1-2H3;2*3H,1-2H3,(H,6,7,8);3H,1-2H3,(H,6,7,9);3H,1-2H3,(H,5,6,7,8);3H,1-2H3,(H,5,6). The van der Waals surface area contributed by atoms with E-state index in [2.05, 4.69) is 126 Å². The molecule has 640 valence electrons. The van der Waals surface area contributed by atoms with Gasteiger partial charge in [0.1, 0.15) is 48.6 Å². The highest BCUT2D eigenvalue weighted by molar-refractivity contribution is 8.15. The molecule has 0 saturated carbocycles. The number of nitrogens with zero attached hydrogens (tertiary/aromatic N) is 11. The molecular weight excluding hydrogens is 1580 g/mol. The molecule has 2 amide bonds. The average Bonchev–Trinajstić information content (AvgIpc) is 1.70. The Kier molecular flexibility index (Phi) is 44.3. The van der Waals surface area contributed by atoms with E-state index < -0.39 is 34.2 Å². The molecule has 115 heavy (non-hydrogen) atoms. The molecule has 44 heteroatoms. The summed E-state index contributed by atoms with van der Waals surface area (Å²) in [5.74, 6) is 6.91. The zero-order valence-electron chi connectivity index (χ0n) is 70.2. The molecule has 0 spiro atoms. The van der Waals surface area contributed by atoms with Gasteiger partial charge >= 0.3 is 44.4 Å². The number of amidine groups is 2. The molecule has 5 aliphatic heterocycles. The lowest BCUT2D eigenvalue weighted by Crippen LogP contribution is -2.41. The van der Waals surface area contributed by atoms with Gasteiger partial charge in [0.05, 0.1) is 29.2 Å². The second-order valence-corrected chi connectivity index (χ2v) is 34.0. The number of aliphatic imine (C=N–C) groups is 2. The summed E-state index contributed by atoms with van der Waals surface area (Å²) in [6, 6.07) is 4.39. The van der Waals surface area contributed by atoms with Crippen LogP contribution in [0.4, 0.5) is 0 Å². The zero-order valence-corrected chi connectivity index (χ0v) is 73.5. The summed E-state index contributed by atoms with van der Waals surface area (Å²) in [4.78, 5) is 161. The van der Waals surface area contributed by atoms with Crippen molar-refractivity contribution in [3.05, 3.63) is 132 Å². The highest BCUT2D eigenvalue weighted by Gasteiger charge is 2.40. The lowest BCUT2D eigenvalue weighted by molar-refractivity contribution is -0.196. The van der Waals surface area contributed by atoms with Crippen LogP contribution in [0.5, 0.6) is 0 Å². The number of H-pyrrole nitrogens is 8. The molecule has 2 fully saturated rings. The van der Waals surface area contributed by atoms with Gasteiger partial charge in [-0.3, -0.25) is 62.8 Å². The predicted octanol–water partition coefficient (Wildman–Crippen LogP) is 9.00. The van der Waals surface area contributed by atoms with Gasteiger partial charge in [-0.15, -0.1) is 14.6 Å². The van der Waals surface area contributed by atoms with Crippen LogP contribution in [0.25, 0.3) is 0 Å². The number of carbonyl (C=O) groups is 6. The first-order chi connectivity index (χ1) is 53.1. The van der Waals surface area contributed by atoms with Crippen molar-refractivity contribution in [3.63, 3.8) is 0 Å². The Morgan fingerprint density at radius 2 is 1.23 bits per heavy atom. The number of nitrogens with one attached hydrogen (secondary N) is 10. The number of tetrazole rings is 1. The maximum atomic E-state index is 11.2. The van der Waals surface area contributed by atoms with E-state index in [9.17, 15) is 61.7 Å².